The molecule has 1 unspecified atom stereocenters. The molecular formula is C23H25ClN4O2S. The van der Waals surface area contributed by atoms with E-state index in [1.54, 1.807) is 19.4 Å². The number of nitrogens with one attached hydrogen (secondary N) is 3. The minimum Gasteiger partial charge on any atom is -0.383 e. The lowest BCUT2D eigenvalue weighted by Crippen LogP contribution is -2.31. The molecule has 3 N–H and O–H groups in total. The topological polar surface area (TPSA) is 79.0 Å². The summed E-state index contributed by atoms with van der Waals surface area (Å²) in [4.78, 5) is 20.5. The lowest BCUT2D eigenvalue weighted by atomic mass is 10.0. The molecule has 1 atom stereocenters. The fraction of sp³-hybridized carbons (Fsp3) is 0.261. The number of rotatable bonds is 8. The third-order valence-electron chi connectivity index (χ3n) is 4.87. The first kappa shape index (κ1) is 22.9. The summed E-state index contributed by atoms with van der Waals surface area (Å²) < 4.78 is 4.99. The summed E-state index contributed by atoms with van der Waals surface area (Å²) in [6.07, 6.45) is 1.71. The number of aromatic nitrogens is 2. The maximum Gasteiger partial charge on any atom is 0.209 e. The largest absolute Gasteiger partial charge is 0.383 e. The van der Waals surface area contributed by atoms with E-state index in [2.05, 4.69) is 20.6 Å². The zero-order valence-corrected chi connectivity index (χ0v) is 19.2. The summed E-state index contributed by atoms with van der Waals surface area (Å²) in [5, 5.41) is 7.14. The van der Waals surface area contributed by atoms with Crippen molar-refractivity contribution in [3.8, 4) is 0 Å². The molecule has 162 valence electrons. The van der Waals surface area contributed by atoms with Crippen molar-refractivity contribution in [3.63, 3.8) is 0 Å². The standard InChI is InChI=1S/C23H25ClN4O2S/c1-14-4-6-16(7-5-14)22(29)20-12-18(24)21(28-20)15(2)19-9-8-17(13-26-19)27-23(31)25-10-11-30-3/h4-9,12-13,15,28H,10-11H2,1-3H3,(H2,25,27,31). The molecule has 2 aromatic heterocycles. The van der Waals surface area contributed by atoms with Gasteiger partial charge in [0, 0.05) is 36.5 Å². The predicted octanol–water partition coefficient (Wildman–Crippen LogP) is 4.69. The fourth-order valence-corrected chi connectivity index (χ4v) is 3.61. The number of pyridine rings is 1. The second-order valence-corrected chi connectivity index (χ2v) is 8.02. The predicted molar refractivity (Wildman–Crippen MR) is 128 cm³/mol. The molecule has 6 nitrogen and oxygen atoms in total. The summed E-state index contributed by atoms with van der Waals surface area (Å²) in [7, 11) is 1.64. The molecule has 3 rings (SSSR count). The van der Waals surface area contributed by atoms with Gasteiger partial charge in [0.25, 0.3) is 0 Å². The van der Waals surface area contributed by atoms with E-state index < -0.39 is 0 Å². The number of nitrogens with zero attached hydrogens (tertiary/aromatic N) is 1. The van der Waals surface area contributed by atoms with Gasteiger partial charge in [0.1, 0.15) is 0 Å². The molecule has 0 aliphatic carbocycles. The Morgan fingerprint density at radius 1 is 1.26 bits per heavy atom. The van der Waals surface area contributed by atoms with Crippen LogP contribution in [-0.4, -0.2) is 41.1 Å². The van der Waals surface area contributed by atoms with Crippen LogP contribution >= 0.6 is 23.8 Å². The average Bonchev–Trinajstić information content (AvgIpc) is 3.15. The number of thiocarbonyl (C=S) groups is 1. The molecule has 2 heterocycles. The highest BCUT2D eigenvalue weighted by atomic mass is 35.5. The van der Waals surface area contributed by atoms with Crippen molar-refractivity contribution >= 4 is 40.4 Å². The van der Waals surface area contributed by atoms with Gasteiger partial charge >= 0.3 is 0 Å². The molecule has 0 bridgehead atoms. The lowest BCUT2D eigenvalue weighted by molar-refractivity contribution is 0.103. The minimum absolute atomic E-state index is 0.0951. The minimum atomic E-state index is -0.118. The number of H-pyrrole nitrogens is 1. The molecule has 0 fully saturated rings. The zero-order chi connectivity index (χ0) is 22.4. The SMILES string of the molecule is COCCNC(=S)Nc1ccc(C(C)c2[nH]c(C(=O)c3ccc(C)cc3)cc2Cl)nc1. The van der Waals surface area contributed by atoms with Crippen molar-refractivity contribution in [2.24, 2.45) is 0 Å². The van der Waals surface area contributed by atoms with Gasteiger partial charge in [-0.05, 0) is 37.3 Å². The van der Waals surface area contributed by atoms with Crippen LogP contribution < -0.4 is 10.6 Å². The van der Waals surface area contributed by atoms with E-state index in [1.807, 2.05) is 50.2 Å². The molecule has 0 aliphatic heterocycles. The Morgan fingerprint density at radius 3 is 2.65 bits per heavy atom. The zero-order valence-electron chi connectivity index (χ0n) is 17.7. The van der Waals surface area contributed by atoms with Crippen molar-refractivity contribution < 1.29 is 9.53 Å². The van der Waals surface area contributed by atoms with Crippen LogP contribution in [0.5, 0.6) is 0 Å². The molecule has 0 saturated carbocycles. The number of benzene rings is 1. The second kappa shape index (κ2) is 10.5. The number of carbonyl (C=O) groups is 1. The van der Waals surface area contributed by atoms with Gasteiger partial charge in [-0.2, -0.15) is 0 Å². The van der Waals surface area contributed by atoms with Crippen LogP contribution in [0.3, 0.4) is 0 Å². The van der Waals surface area contributed by atoms with Gasteiger partial charge in [-0.3, -0.25) is 9.78 Å². The van der Waals surface area contributed by atoms with E-state index in [0.29, 0.717) is 34.5 Å². The number of halogens is 1. The molecule has 0 spiro atoms. The van der Waals surface area contributed by atoms with Gasteiger partial charge in [-0.15, -0.1) is 0 Å². The van der Waals surface area contributed by atoms with Crippen LogP contribution in [0.4, 0.5) is 5.69 Å². The number of carbonyl (C=O) groups excluding carboxylic acids is 1. The van der Waals surface area contributed by atoms with Crippen LogP contribution in [0.15, 0.2) is 48.7 Å². The normalized spacial score (nSPS) is 11.7. The molecule has 0 aliphatic rings. The number of hydrogen-bond acceptors (Lipinski definition) is 4. The van der Waals surface area contributed by atoms with Crippen molar-refractivity contribution in [2.45, 2.75) is 19.8 Å². The van der Waals surface area contributed by atoms with E-state index >= 15 is 0 Å². The van der Waals surface area contributed by atoms with Crippen LogP contribution in [0, 0.1) is 6.92 Å². The van der Waals surface area contributed by atoms with Gasteiger partial charge in [0.15, 0.2) is 5.11 Å². The maximum atomic E-state index is 12.8. The summed E-state index contributed by atoms with van der Waals surface area (Å²) in [6, 6.07) is 12.9. The Morgan fingerprint density at radius 2 is 2.00 bits per heavy atom. The van der Waals surface area contributed by atoms with Crippen molar-refractivity contribution in [2.75, 3.05) is 25.6 Å². The van der Waals surface area contributed by atoms with Crippen molar-refractivity contribution in [3.05, 3.63) is 81.9 Å². The third kappa shape index (κ3) is 5.91. The third-order valence-corrected chi connectivity index (χ3v) is 5.43. The Hall–Kier alpha value is -2.74. The molecule has 3 aromatic rings. The molecule has 0 saturated heterocycles. The maximum absolute atomic E-state index is 12.8. The van der Waals surface area contributed by atoms with Crippen LogP contribution in [-0.2, 0) is 4.74 Å². The quantitative estimate of drug-likeness (QED) is 0.259. The van der Waals surface area contributed by atoms with Gasteiger partial charge in [0.2, 0.25) is 5.78 Å². The highest BCUT2D eigenvalue weighted by Gasteiger charge is 2.20. The first-order chi connectivity index (χ1) is 14.9. The van der Waals surface area contributed by atoms with Crippen LogP contribution in [0.25, 0.3) is 0 Å². The molecule has 0 amide bonds. The number of ether oxygens (including phenoxy) is 1. The number of aromatic amines is 1. The molecule has 8 heteroatoms. The highest BCUT2D eigenvalue weighted by Crippen LogP contribution is 2.30. The Bertz CT molecular complexity index is 1050. The summed E-state index contributed by atoms with van der Waals surface area (Å²) in [5.74, 6) is -0.213. The van der Waals surface area contributed by atoms with Crippen LogP contribution in [0.2, 0.25) is 5.02 Å². The van der Waals surface area contributed by atoms with E-state index in [0.717, 1.165) is 22.6 Å². The molecule has 1 aromatic carbocycles. The van der Waals surface area contributed by atoms with Crippen molar-refractivity contribution in [1.82, 2.24) is 15.3 Å². The van der Waals surface area contributed by atoms with Crippen LogP contribution in [0.1, 0.15) is 45.8 Å². The van der Waals surface area contributed by atoms with Gasteiger partial charge < -0.3 is 20.4 Å². The summed E-state index contributed by atoms with van der Waals surface area (Å²) in [5.41, 5.74) is 4.53. The van der Waals surface area contributed by atoms with E-state index in [9.17, 15) is 4.79 Å². The number of hydrogen-bond donors (Lipinski definition) is 3. The van der Waals surface area contributed by atoms with E-state index in [-0.39, 0.29) is 11.7 Å². The van der Waals surface area contributed by atoms with E-state index in [4.69, 9.17) is 28.6 Å². The molecule has 0 radical (unpaired) electrons. The average molecular weight is 457 g/mol. The Kier molecular flexibility index (Phi) is 7.79. The fourth-order valence-electron chi connectivity index (χ4n) is 3.07. The lowest BCUT2D eigenvalue weighted by Gasteiger charge is -2.13. The number of anilines is 1. The Labute approximate surface area is 192 Å². The van der Waals surface area contributed by atoms with Crippen molar-refractivity contribution in [1.29, 1.82) is 0 Å². The number of aryl methyl sites for hydroxylation is 1. The Balaban J connectivity index is 1.70. The molecular weight excluding hydrogens is 432 g/mol. The number of ketones is 1. The second-order valence-electron chi connectivity index (χ2n) is 7.21. The smallest absolute Gasteiger partial charge is 0.209 e. The molecule has 31 heavy (non-hydrogen) atoms. The summed E-state index contributed by atoms with van der Waals surface area (Å²) in [6.45, 7) is 5.17. The van der Waals surface area contributed by atoms with Gasteiger partial charge in [-0.1, -0.05) is 48.4 Å². The monoisotopic (exact) mass is 456 g/mol. The summed E-state index contributed by atoms with van der Waals surface area (Å²) >= 11 is 11.7. The van der Waals surface area contributed by atoms with Gasteiger partial charge in [-0.25, -0.2) is 0 Å². The first-order valence-electron chi connectivity index (χ1n) is 9.88. The number of methoxy groups -OCH3 is 1. The van der Waals surface area contributed by atoms with E-state index in [1.165, 1.54) is 0 Å². The van der Waals surface area contributed by atoms with Gasteiger partial charge in [0.05, 0.1) is 29.2 Å². The first-order valence-corrected chi connectivity index (χ1v) is 10.7. The highest BCUT2D eigenvalue weighted by molar-refractivity contribution is 7.80.